The fraction of sp³-hybridized carbons (Fsp3) is 0.333. The number of amides is 2. The zero-order valence-corrected chi connectivity index (χ0v) is 9.17. The van der Waals surface area contributed by atoms with Gasteiger partial charge in [-0.1, -0.05) is 18.2 Å². The highest BCUT2D eigenvalue weighted by molar-refractivity contribution is 5.98. The summed E-state index contributed by atoms with van der Waals surface area (Å²) < 4.78 is 0. The molecule has 0 unspecified atom stereocenters. The quantitative estimate of drug-likeness (QED) is 0.785. The molecule has 2 aliphatic heterocycles. The number of rotatable bonds is 1. The maximum Gasteiger partial charge on any atom is 0.407 e. The van der Waals surface area contributed by atoms with E-state index < -0.39 is 6.09 Å². The van der Waals surface area contributed by atoms with Crippen LogP contribution in [-0.2, 0) is 6.54 Å². The summed E-state index contributed by atoms with van der Waals surface area (Å²) in [6, 6.07) is 7.57. The van der Waals surface area contributed by atoms with Crippen molar-refractivity contribution in [3.8, 4) is 0 Å². The lowest BCUT2D eigenvalue weighted by Crippen LogP contribution is -2.60. The van der Waals surface area contributed by atoms with Crippen LogP contribution in [0, 0.1) is 0 Å². The lowest BCUT2D eigenvalue weighted by atomic mass is 10.1. The van der Waals surface area contributed by atoms with Gasteiger partial charge in [-0.15, -0.1) is 0 Å². The van der Waals surface area contributed by atoms with Gasteiger partial charge in [0.25, 0.3) is 5.91 Å². The highest BCUT2D eigenvalue weighted by Crippen LogP contribution is 2.27. The molecule has 1 aromatic rings. The van der Waals surface area contributed by atoms with E-state index in [1.807, 2.05) is 24.3 Å². The van der Waals surface area contributed by atoms with Gasteiger partial charge in [-0.05, 0) is 11.6 Å². The second kappa shape index (κ2) is 3.48. The average molecular weight is 232 g/mol. The lowest BCUT2D eigenvalue weighted by Gasteiger charge is -2.42. The van der Waals surface area contributed by atoms with Crippen molar-refractivity contribution in [3.63, 3.8) is 0 Å². The Labute approximate surface area is 98.2 Å². The van der Waals surface area contributed by atoms with Crippen LogP contribution in [0.1, 0.15) is 15.9 Å². The third kappa shape index (κ3) is 1.46. The zero-order valence-electron chi connectivity index (χ0n) is 9.17. The number of carbonyl (C=O) groups is 2. The number of likely N-dealkylation sites (tertiary alicyclic amines) is 1. The standard InChI is InChI=1S/C12H12N2O3/c15-11-10-4-2-1-3-8(10)5-14(11)9-6-13(7-9)12(16)17/h1-4,9H,5-7H2,(H,16,17). The zero-order chi connectivity index (χ0) is 12.0. The van der Waals surface area contributed by atoms with Crippen molar-refractivity contribution in [2.24, 2.45) is 0 Å². The molecule has 1 saturated heterocycles. The van der Waals surface area contributed by atoms with Crippen molar-refractivity contribution in [2.45, 2.75) is 12.6 Å². The van der Waals surface area contributed by atoms with E-state index in [-0.39, 0.29) is 11.9 Å². The molecule has 0 atom stereocenters. The SMILES string of the molecule is O=C(O)N1CC(N2Cc3ccccc3C2=O)C1. The van der Waals surface area contributed by atoms with Crippen molar-refractivity contribution >= 4 is 12.0 Å². The van der Waals surface area contributed by atoms with Crippen LogP contribution in [0.3, 0.4) is 0 Å². The minimum absolute atomic E-state index is 0.0237. The lowest BCUT2D eigenvalue weighted by molar-refractivity contribution is 0.0306. The van der Waals surface area contributed by atoms with Crippen LogP contribution in [0.15, 0.2) is 24.3 Å². The van der Waals surface area contributed by atoms with Crippen molar-refractivity contribution < 1.29 is 14.7 Å². The van der Waals surface area contributed by atoms with Crippen LogP contribution < -0.4 is 0 Å². The van der Waals surface area contributed by atoms with Gasteiger partial charge >= 0.3 is 6.09 Å². The highest BCUT2D eigenvalue weighted by Gasteiger charge is 2.40. The van der Waals surface area contributed by atoms with E-state index >= 15 is 0 Å². The Morgan fingerprint density at radius 2 is 2.00 bits per heavy atom. The van der Waals surface area contributed by atoms with Crippen LogP contribution in [0.4, 0.5) is 4.79 Å². The fourth-order valence-electron chi connectivity index (χ4n) is 2.38. The smallest absolute Gasteiger partial charge is 0.407 e. The Morgan fingerprint density at radius 1 is 1.29 bits per heavy atom. The molecule has 0 spiro atoms. The molecule has 5 nitrogen and oxygen atoms in total. The summed E-state index contributed by atoms with van der Waals surface area (Å²) in [5.41, 5.74) is 1.78. The van der Waals surface area contributed by atoms with Gasteiger partial charge in [0.15, 0.2) is 0 Å². The molecular weight excluding hydrogens is 220 g/mol. The molecule has 0 radical (unpaired) electrons. The van der Waals surface area contributed by atoms with Crippen molar-refractivity contribution in [1.82, 2.24) is 9.80 Å². The highest BCUT2D eigenvalue weighted by atomic mass is 16.4. The van der Waals surface area contributed by atoms with Crippen LogP contribution >= 0.6 is 0 Å². The average Bonchev–Trinajstić information content (AvgIpc) is 2.55. The Morgan fingerprint density at radius 3 is 2.65 bits per heavy atom. The van der Waals surface area contributed by atoms with Gasteiger partial charge in [0.05, 0.1) is 6.04 Å². The first-order valence-electron chi connectivity index (χ1n) is 5.53. The van der Waals surface area contributed by atoms with E-state index in [1.165, 1.54) is 4.90 Å². The molecular formula is C12H12N2O3. The number of carbonyl (C=O) groups excluding carboxylic acids is 1. The molecule has 0 saturated carbocycles. The molecule has 5 heteroatoms. The minimum atomic E-state index is -0.912. The molecule has 0 bridgehead atoms. The summed E-state index contributed by atoms with van der Waals surface area (Å²) in [6.45, 7) is 1.46. The predicted molar refractivity (Wildman–Crippen MR) is 59.7 cm³/mol. The van der Waals surface area contributed by atoms with E-state index in [4.69, 9.17) is 5.11 Å². The third-order valence-electron chi connectivity index (χ3n) is 3.42. The van der Waals surface area contributed by atoms with Crippen molar-refractivity contribution in [1.29, 1.82) is 0 Å². The molecule has 1 N–H and O–H groups in total. The monoisotopic (exact) mass is 232 g/mol. The summed E-state index contributed by atoms with van der Waals surface area (Å²) in [7, 11) is 0. The molecule has 2 heterocycles. The normalized spacial score (nSPS) is 19.2. The first kappa shape index (κ1) is 10.1. The van der Waals surface area contributed by atoms with Gasteiger partial charge in [-0.2, -0.15) is 0 Å². The Kier molecular flexibility index (Phi) is 2.07. The van der Waals surface area contributed by atoms with Crippen LogP contribution in [0.5, 0.6) is 0 Å². The molecule has 1 fully saturated rings. The fourth-order valence-corrected chi connectivity index (χ4v) is 2.38. The van der Waals surface area contributed by atoms with Gasteiger partial charge in [0.2, 0.25) is 0 Å². The topological polar surface area (TPSA) is 60.9 Å². The molecule has 0 aliphatic carbocycles. The molecule has 17 heavy (non-hydrogen) atoms. The maximum atomic E-state index is 12.1. The van der Waals surface area contributed by atoms with E-state index in [0.29, 0.717) is 19.6 Å². The van der Waals surface area contributed by atoms with Gasteiger partial charge < -0.3 is 14.9 Å². The summed E-state index contributed by atoms with van der Waals surface area (Å²) in [6.07, 6.45) is -0.912. The molecule has 2 aliphatic rings. The van der Waals surface area contributed by atoms with E-state index in [1.54, 1.807) is 4.90 Å². The third-order valence-corrected chi connectivity index (χ3v) is 3.42. The largest absolute Gasteiger partial charge is 0.465 e. The molecule has 2 amide bonds. The van der Waals surface area contributed by atoms with E-state index in [2.05, 4.69) is 0 Å². The number of hydrogen-bond donors (Lipinski definition) is 1. The molecule has 88 valence electrons. The number of nitrogens with zero attached hydrogens (tertiary/aromatic N) is 2. The minimum Gasteiger partial charge on any atom is -0.465 e. The second-order valence-corrected chi connectivity index (χ2v) is 4.43. The summed E-state index contributed by atoms with van der Waals surface area (Å²) in [5.74, 6) is 0.0237. The predicted octanol–water partition coefficient (Wildman–Crippen LogP) is 1.00. The Bertz CT molecular complexity index is 494. The van der Waals surface area contributed by atoms with Crippen molar-refractivity contribution in [2.75, 3.05) is 13.1 Å². The number of fused-ring (bicyclic) bond motifs is 1. The summed E-state index contributed by atoms with van der Waals surface area (Å²) in [5, 5.41) is 8.76. The second-order valence-electron chi connectivity index (χ2n) is 4.43. The Hall–Kier alpha value is -2.04. The summed E-state index contributed by atoms with van der Waals surface area (Å²) >= 11 is 0. The Balaban J connectivity index is 1.74. The van der Waals surface area contributed by atoms with E-state index in [0.717, 1.165) is 11.1 Å². The van der Waals surface area contributed by atoms with Crippen molar-refractivity contribution in [3.05, 3.63) is 35.4 Å². The molecule has 0 aromatic heterocycles. The van der Waals surface area contributed by atoms with Crippen LogP contribution in [0.2, 0.25) is 0 Å². The number of hydrogen-bond acceptors (Lipinski definition) is 2. The molecule has 3 rings (SSSR count). The number of benzene rings is 1. The van der Waals surface area contributed by atoms with Crippen LogP contribution in [-0.4, -0.2) is 46.0 Å². The van der Waals surface area contributed by atoms with Gasteiger partial charge in [0.1, 0.15) is 0 Å². The maximum absolute atomic E-state index is 12.1. The van der Waals surface area contributed by atoms with E-state index in [9.17, 15) is 9.59 Å². The molecule has 1 aromatic carbocycles. The van der Waals surface area contributed by atoms with Gasteiger partial charge in [0, 0.05) is 25.2 Å². The first-order chi connectivity index (χ1) is 8.16. The van der Waals surface area contributed by atoms with Crippen LogP contribution in [0.25, 0.3) is 0 Å². The number of carboxylic acid groups (broad SMARTS) is 1. The summed E-state index contributed by atoms with van der Waals surface area (Å²) in [4.78, 5) is 25.8. The van der Waals surface area contributed by atoms with Gasteiger partial charge in [-0.25, -0.2) is 4.79 Å². The van der Waals surface area contributed by atoms with Gasteiger partial charge in [-0.3, -0.25) is 4.79 Å². The first-order valence-corrected chi connectivity index (χ1v) is 5.53.